The fraction of sp³-hybridized carbons (Fsp3) is 0.0625. The molecule has 0 saturated carbocycles. The molecule has 3 heterocycles. The zero-order valence-corrected chi connectivity index (χ0v) is 23.4. The summed E-state index contributed by atoms with van der Waals surface area (Å²) in [4.78, 5) is 6.53. The van der Waals surface area contributed by atoms with Gasteiger partial charge in [-0.3, -0.25) is 0 Å². The van der Waals surface area contributed by atoms with Gasteiger partial charge in [-0.05, 0) is 48.2 Å². The van der Waals surface area contributed by atoms with Crippen LogP contribution in [0.15, 0.2) is 113 Å². The third-order valence-electron chi connectivity index (χ3n) is 6.55. The van der Waals surface area contributed by atoms with Crippen LogP contribution in [0.5, 0.6) is 0 Å². The molecule has 0 aliphatic carbocycles. The summed E-state index contributed by atoms with van der Waals surface area (Å²) in [5, 5.41) is 2.28. The van der Waals surface area contributed by atoms with Crippen molar-refractivity contribution < 1.29 is 25.2 Å². The maximum atomic E-state index is 7.98. The average Bonchev–Trinajstić information content (AvgIpc) is 3.50. The smallest absolute Gasteiger partial charge is 0.188 e. The fourth-order valence-corrected chi connectivity index (χ4v) is 5.70. The molecule has 0 atom stereocenters. The Labute approximate surface area is 244 Å². The van der Waals surface area contributed by atoms with Gasteiger partial charge < -0.3 is 4.57 Å². The van der Waals surface area contributed by atoms with Crippen LogP contribution in [0.1, 0.15) is 9.68 Å². The van der Waals surface area contributed by atoms with E-state index in [1.807, 2.05) is 65.4 Å². The van der Waals surface area contributed by atoms with Crippen molar-refractivity contribution in [2.75, 3.05) is 0 Å². The second-order valence-electron chi connectivity index (χ2n) is 8.98. The Hall–Kier alpha value is -3.66. The van der Waals surface area contributed by atoms with Crippen LogP contribution in [0.3, 0.4) is 0 Å². The van der Waals surface area contributed by atoms with Crippen LogP contribution in [0.4, 0.5) is 0 Å². The Morgan fingerprint density at radius 3 is 2.45 bits per heavy atom. The normalized spacial score (nSPS) is 12.8. The zero-order chi connectivity index (χ0) is 27.4. The first kappa shape index (κ1) is 21.3. The number of para-hydroxylation sites is 3. The molecule has 0 aliphatic heterocycles. The first-order valence-electron chi connectivity index (χ1n) is 13.5. The monoisotopic (exact) mass is 693 g/mol. The van der Waals surface area contributed by atoms with Gasteiger partial charge in [0.1, 0.15) is 5.82 Å². The number of aromatic nitrogens is 4. The number of pyridine rings is 1. The number of fused-ring (bicyclic) bond motifs is 4. The second-order valence-corrected chi connectivity index (χ2v) is 10.1. The molecule has 0 unspecified atom stereocenters. The molecule has 188 valence electrons. The van der Waals surface area contributed by atoms with E-state index >= 15 is 0 Å². The maximum Gasteiger partial charge on any atom is 0.188 e. The van der Waals surface area contributed by atoms with Crippen molar-refractivity contribution in [3.8, 4) is 11.5 Å². The molecular weight excluding hydrogens is 668 g/mol. The summed E-state index contributed by atoms with van der Waals surface area (Å²) in [7, 11) is 0. The van der Waals surface area contributed by atoms with Crippen molar-refractivity contribution in [3.63, 3.8) is 0 Å². The summed E-state index contributed by atoms with van der Waals surface area (Å²) >= 11 is 1.57. The van der Waals surface area contributed by atoms with Crippen molar-refractivity contribution in [1.29, 1.82) is 0 Å². The summed E-state index contributed by atoms with van der Waals surface area (Å²) in [5.74, 6) is 0.861. The second kappa shape index (κ2) is 9.90. The number of aryl methyl sites for hydroxylation is 2. The number of benzene rings is 4. The van der Waals surface area contributed by atoms with Crippen LogP contribution < -0.4 is 0 Å². The molecule has 0 bridgehead atoms. The van der Waals surface area contributed by atoms with E-state index in [1.54, 1.807) is 18.1 Å². The van der Waals surface area contributed by atoms with Crippen LogP contribution in [0.2, 0.25) is 0 Å². The first-order valence-corrected chi connectivity index (χ1v) is 12.8. The molecule has 0 saturated heterocycles. The van der Waals surface area contributed by atoms with Gasteiger partial charge in [-0.15, -0.1) is 34.2 Å². The largest absolute Gasteiger partial charge is 0.319 e. The van der Waals surface area contributed by atoms with Gasteiger partial charge in [-0.25, -0.2) is 14.1 Å². The van der Waals surface area contributed by atoms with E-state index in [2.05, 4.69) is 65.0 Å². The van der Waals surface area contributed by atoms with Crippen molar-refractivity contribution >= 4 is 44.6 Å². The maximum absolute atomic E-state index is 7.98. The van der Waals surface area contributed by atoms with Crippen molar-refractivity contribution in [3.05, 3.63) is 121 Å². The van der Waals surface area contributed by atoms with Crippen molar-refractivity contribution in [2.45, 2.75) is 16.7 Å². The topological polar surface area (TPSA) is 27.7 Å². The predicted molar refractivity (Wildman–Crippen MR) is 152 cm³/mol. The van der Waals surface area contributed by atoms with E-state index in [-0.39, 0.29) is 21.1 Å². The van der Waals surface area contributed by atoms with Crippen LogP contribution in [0.25, 0.3) is 44.3 Å². The number of nitrogens with zero attached hydrogens (tertiary/aromatic N) is 4. The molecule has 7 rings (SSSR count). The summed E-state index contributed by atoms with van der Waals surface area (Å²) in [6, 6.07) is 37.2. The zero-order valence-electron chi connectivity index (χ0n) is 23.3. The molecule has 6 heteroatoms. The molecule has 3 aromatic heterocycles. The Bertz CT molecular complexity index is 2060. The average molecular weight is 694 g/mol. The molecule has 7 aromatic rings. The number of hydrogen-bond donors (Lipinski definition) is 0. The van der Waals surface area contributed by atoms with Gasteiger partial charge in [0.25, 0.3) is 0 Å². The van der Waals surface area contributed by atoms with E-state index in [9.17, 15) is 0 Å². The molecule has 0 radical (unpaired) electrons. The summed E-state index contributed by atoms with van der Waals surface area (Å²) < 4.78 is 29.3. The van der Waals surface area contributed by atoms with E-state index in [1.165, 1.54) is 4.57 Å². The number of hydrogen-bond acceptors (Lipinski definition) is 2. The van der Waals surface area contributed by atoms with Gasteiger partial charge in [0.15, 0.2) is 17.4 Å². The van der Waals surface area contributed by atoms with E-state index in [0.29, 0.717) is 5.52 Å². The minimum atomic E-state index is -2.29. The first-order chi connectivity index (χ1) is 19.4. The molecule has 0 aliphatic rings. The van der Waals surface area contributed by atoms with Gasteiger partial charge in [0, 0.05) is 61.7 Å². The van der Waals surface area contributed by atoms with Gasteiger partial charge in [0.05, 0.1) is 0 Å². The van der Waals surface area contributed by atoms with Crippen molar-refractivity contribution in [2.24, 2.45) is 6.98 Å². The van der Waals surface area contributed by atoms with Gasteiger partial charge in [-0.2, -0.15) is 24.3 Å². The quantitative estimate of drug-likeness (QED) is 0.176. The third-order valence-corrected chi connectivity index (χ3v) is 7.47. The molecule has 38 heavy (non-hydrogen) atoms. The number of imidazole rings is 1. The summed E-state index contributed by atoms with van der Waals surface area (Å²) in [5.41, 5.74) is 5.42. The van der Waals surface area contributed by atoms with E-state index in [0.717, 1.165) is 54.2 Å². The molecule has 4 nitrogen and oxygen atoms in total. The Kier molecular flexibility index (Phi) is 5.55. The molecule has 0 amide bonds. The van der Waals surface area contributed by atoms with Crippen LogP contribution in [-0.4, -0.2) is 18.7 Å². The molecule has 0 N–H and O–H groups in total. The van der Waals surface area contributed by atoms with Gasteiger partial charge >= 0.3 is 0 Å². The van der Waals surface area contributed by atoms with Gasteiger partial charge in [-0.1, -0.05) is 34.7 Å². The van der Waals surface area contributed by atoms with E-state index < -0.39 is 6.98 Å². The van der Waals surface area contributed by atoms with Crippen LogP contribution in [0, 0.1) is 19.1 Å². The minimum Gasteiger partial charge on any atom is -0.319 e. The van der Waals surface area contributed by atoms with Crippen molar-refractivity contribution in [1.82, 2.24) is 18.7 Å². The molecule has 4 aromatic carbocycles. The molecular formula is C32H23N4PtS-. The Morgan fingerprint density at radius 1 is 0.816 bits per heavy atom. The third kappa shape index (κ3) is 4.16. The van der Waals surface area contributed by atoms with Crippen LogP contribution >= 0.6 is 11.8 Å². The Morgan fingerprint density at radius 2 is 1.61 bits per heavy atom. The summed E-state index contributed by atoms with van der Waals surface area (Å²) in [6.45, 7) is -0.216. The minimum absolute atomic E-state index is 0. The fourth-order valence-electron chi connectivity index (χ4n) is 4.87. The molecule has 0 spiro atoms. The van der Waals surface area contributed by atoms with Gasteiger partial charge in [0.2, 0.25) is 0 Å². The number of rotatable bonds is 4. The standard InChI is InChI=1S/C32H23N4S.Pt/c1-22-16-17-33-32(18-22)36-28-11-4-3-10-26(28)27-15-14-25(20-31(27)36)37-24-9-7-8-23(19-24)35-21-34(2)29-12-5-6-13-30(29)35;/h3-18,21H,1-2H3;/q-1;/i2D3;. The Balaban J connectivity index is 0.00000302. The molecule has 0 fully saturated rings. The predicted octanol–water partition coefficient (Wildman–Crippen LogP) is 7.80. The van der Waals surface area contributed by atoms with Crippen LogP contribution in [-0.2, 0) is 28.0 Å². The summed E-state index contributed by atoms with van der Waals surface area (Å²) in [6.07, 6.45) is 3.47. The van der Waals surface area contributed by atoms with E-state index in [4.69, 9.17) is 4.11 Å². The SMILES string of the molecule is [2H]C([2H])([2H])n1[cH+]n(-c2[c-]c(Sc3[c-]c4c(cc3)c3ccccc3n4-c3cc(C)ccn3)ccc2)c2ccccc21.[Pt].